The highest BCUT2D eigenvalue weighted by Crippen LogP contribution is 2.24. The fraction of sp³-hybridized carbons (Fsp3) is 0.647. The van der Waals surface area contributed by atoms with Crippen LogP contribution in [0.25, 0.3) is 0 Å². The molecule has 1 aliphatic heterocycles. The van der Waals surface area contributed by atoms with Crippen molar-refractivity contribution in [2.45, 2.75) is 58.7 Å². The molecule has 0 saturated carbocycles. The first-order valence-corrected chi connectivity index (χ1v) is 8.03. The number of nitrogens with zero attached hydrogens (tertiary/aromatic N) is 1. The molecule has 0 spiro atoms. The van der Waals surface area contributed by atoms with Gasteiger partial charge in [0.2, 0.25) is 0 Å². The molecule has 1 aliphatic rings. The molecule has 1 aromatic rings. The Bertz CT molecular complexity index is 456. The number of aryl methyl sites for hydroxylation is 1. The largest absolute Gasteiger partial charge is 0.309 e. The molecular formula is C17H27ClN2. The smallest absolute Gasteiger partial charge is 0.0453 e. The topological polar surface area (TPSA) is 15.3 Å². The van der Waals surface area contributed by atoms with E-state index >= 15 is 0 Å². The second kappa shape index (κ2) is 6.46. The third-order valence-corrected chi connectivity index (χ3v) is 4.49. The first-order chi connectivity index (χ1) is 9.41. The summed E-state index contributed by atoms with van der Waals surface area (Å²) >= 11 is 6.40. The summed E-state index contributed by atoms with van der Waals surface area (Å²) in [5.41, 5.74) is 2.65. The van der Waals surface area contributed by atoms with Crippen molar-refractivity contribution in [1.82, 2.24) is 10.2 Å². The van der Waals surface area contributed by atoms with Crippen molar-refractivity contribution in [3.8, 4) is 0 Å². The number of piperazine rings is 1. The van der Waals surface area contributed by atoms with Gasteiger partial charge < -0.3 is 5.32 Å². The zero-order valence-corrected chi connectivity index (χ0v) is 13.9. The molecule has 1 fully saturated rings. The first-order valence-electron chi connectivity index (χ1n) is 7.65. The fourth-order valence-corrected chi connectivity index (χ4v) is 3.31. The average Bonchev–Trinajstić information content (AvgIpc) is 2.36. The maximum absolute atomic E-state index is 6.40. The van der Waals surface area contributed by atoms with Crippen molar-refractivity contribution in [1.29, 1.82) is 0 Å². The van der Waals surface area contributed by atoms with Crippen molar-refractivity contribution in [2.75, 3.05) is 13.1 Å². The second-order valence-electron chi connectivity index (χ2n) is 6.71. The van der Waals surface area contributed by atoms with Crippen LogP contribution in [0.1, 0.15) is 44.7 Å². The van der Waals surface area contributed by atoms with Gasteiger partial charge in [-0.15, -0.1) is 0 Å². The van der Waals surface area contributed by atoms with Crippen LogP contribution in [0.2, 0.25) is 5.02 Å². The van der Waals surface area contributed by atoms with Crippen LogP contribution in [0.5, 0.6) is 0 Å². The molecule has 0 amide bonds. The van der Waals surface area contributed by atoms with Gasteiger partial charge in [-0.05, 0) is 44.4 Å². The summed E-state index contributed by atoms with van der Waals surface area (Å²) in [4.78, 5) is 2.59. The maximum Gasteiger partial charge on any atom is 0.0453 e. The molecule has 3 heteroatoms. The minimum atomic E-state index is 0.182. The summed E-state index contributed by atoms with van der Waals surface area (Å²) in [5, 5.41) is 4.56. The molecule has 1 N–H and O–H groups in total. The fourth-order valence-electron chi connectivity index (χ4n) is 3.02. The lowest BCUT2D eigenvalue weighted by Gasteiger charge is -2.45. The summed E-state index contributed by atoms with van der Waals surface area (Å²) < 4.78 is 0. The SMILES string of the molecule is CCCC1CNC(C)(C)CN1Cc1ccc(C)cc1Cl. The Kier molecular flexibility index (Phi) is 5.11. The lowest BCUT2D eigenvalue weighted by Crippen LogP contribution is -2.61. The van der Waals surface area contributed by atoms with Crippen molar-refractivity contribution in [3.05, 3.63) is 34.3 Å². The van der Waals surface area contributed by atoms with Crippen LogP contribution in [0.4, 0.5) is 0 Å². The molecule has 0 aromatic heterocycles. The highest BCUT2D eigenvalue weighted by atomic mass is 35.5. The van der Waals surface area contributed by atoms with Gasteiger partial charge in [0.25, 0.3) is 0 Å². The maximum atomic E-state index is 6.40. The molecule has 1 aromatic carbocycles. The third-order valence-electron chi connectivity index (χ3n) is 4.13. The van der Waals surface area contributed by atoms with Crippen molar-refractivity contribution < 1.29 is 0 Å². The standard InChI is InChI=1S/C17H27ClN2/c1-5-6-15-10-19-17(3,4)12-20(15)11-14-8-7-13(2)9-16(14)18/h7-9,15,19H,5-6,10-12H2,1-4H3. The van der Waals surface area contributed by atoms with Crippen LogP contribution in [0.15, 0.2) is 18.2 Å². The summed E-state index contributed by atoms with van der Waals surface area (Å²) in [6, 6.07) is 7.02. The van der Waals surface area contributed by atoms with Crippen molar-refractivity contribution in [3.63, 3.8) is 0 Å². The third kappa shape index (κ3) is 3.97. The molecule has 20 heavy (non-hydrogen) atoms. The van der Waals surface area contributed by atoms with Crippen LogP contribution < -0.4 is 5.32 Å². The van der Waals surface area contributed by atoms with Gasteiger partial charge in [0.05, 0.1) is 0 Å². The van der Waals surface area contributed by atoms with E-state index in [1.807, 2.05) is 0 Å². The van der Waals surface area contributed by atoms with E-state index in [9.17, 15) is 0 Å². The first kappa shape index (κ1) is 15.8. The van der Waals surface area contributed by atoms with Crippen LogP contribution in [-0.4, -0.2) is 29.6 Å². The minimum absolute atomic E-state index is 0.182. The van der Waals surface area contributed by atoms with Gasteiger partial charge in [-0.25, -0.2) is 0 Å². The Labute approximate surface area is 128 Å². The Morgan fingerprint density at radius 2 is 2.15 bits per heavy atom. The summed E-state index contributed by atoms with van der Waals surface area (Å²) in [6.07, 6.45) is 2.47. The van der Waals surface area contributed by atoms with Crippen molar-refractivity contribution in [2.24, 2.45) is 0 Å². The van der Waals surface area contributed by atoms with Crippen molar-refractivity contribution >= 4 is 11.6 Å². The Morgan fingerprint density at radius 1 is 1.40 bits per heavy atom. The van der Waals surface area contributed by atoms with Gasteiger partial charge in [0.1, 0.15) is 0 Å². The highest BCUT2D eigenvalue weighted by Gasteiger charge is 2.32. The molecule has 1 heterocycles. The molecule has 2 rings (SSSR count). The number of nitrogens with one attached hydrogen (secondary N) is 1. The van der Waals surface area contributed by atoms with E-state index in [-0.39, 0.29) is 5.54 Å². The van der Waals surface area contributed by atoms with Crippen LogP contribution in [-0.2, 0) is 6.54 Å². The van der Waals surface area contributed by atoms with Crippen LogP contribution >= 0.6 is 11.6 Å². The van der Waals surface area contributed by atoms with E-state index in [2.05, 4.69) is 56.1 Å². The molecule has 1 saturated heterocycles. The predicted octanol–water partition coefficient (Wildman–Crippen LogP) is 4.00. The van der Waals surface area contributed by atoms with E-state index in [0.717, 1.165) is 24.7 Å². The summed E-state index contributed by atoms with van der Waals surface area (Å²) in [7, 11) is 0. The number of halogens is 1. The second-order valence-corrected chi connectivity index (χ2v) is 7.11. The van der Waals surface area contributed by atoms with E-state index in [1.165, 1.54) is 24.0 Å². The number of benzene rings is 1. The highest BCUT2D eigenvalue weighted by molar-refractivity contribution is 6.31. The Balaban J connectivity index is 2.14. The molecular weight excluding hydrogens is 268 g/mol. The monoisotopic (exact) mass is 294 g/mol. The Hall–Kier alpha value is -0.570. The number of hydrogen-bond acceptors (Lipinski definition) is 2. The van der Waals surface area contributed by atoms with E-state index in [1.54, 1.807) is 0 Å². The Morgan fingerprint density at radius 3 is 2.80 bits per heavy atom. The molecule has 2 nitrogen and oxygen atoms in total. The van der Waals surface area contributed by atoms with Gasteiger partial charge in [0, 0.05) is 36.2 Å². The molecule has 0 aliphatic carbocycles. The van der Waals surface area contributed by atoms with Gasteiger partial charge in [-0.1, -0.05) is 37.1 Å². The van der Waals surface area contributed by atoms with Crippen LogP contribution in [0, 0.1) is 6.92 Å². The lowest BCUT2D eigenvalue weighted by atomic mass is 9.96. The number of rotatable bonds is 4. The quantitative estimate of drug-likeness (QED) is 0.903. The molecule has 1 atom stereocenters. The van der Waals surface area contributed by atoms with Gasteiger partial charge in [-0.3, -0.25) is 4.90 Å². The van der Waals surface area contributed by atoms with Gasteiger partial charge in [-0.2, -0.15) is 0 Å². The zero-order valence-electron chi connectivity index (χ0n) is 13.2. The molecule has 0 radical (unpaired) electrons. The summed E-state index contributed by atoms with van der Waals surface area (Å²) in [6.45, 7) is 12.0. The average molecular weight is 295 g/mol. The molecule has 112 valence electrons. The van der Waals surface area contributed by atoms with Crippen LogP contribution in [0.3, 0.4) is 0 Å². The van der Waals surface area contributed by atoms with E-state index < -0.39 is 0 Å². The predicted molar refractivity (Wildman–Crippen MR) is 87.4 cm³/mol. The lowest BCUT2D eigenvalue weighted by molar-refractivity contribution is 0.0827. The molecule has 0 bridgehead atoms. The summed E-state index contributed by atoms with van der Waals surface area (Å²) in [5.74, 6) is 0. The van der Waals surface area contributed by atoms with Gasteiger partial charge >= 0.3 is 0 Å². The normalized spacial score (nSPS) is 22.9. The van der Waals surface area contributed by atoms with Gasteiger partial charge in [0.15, 0.2) is 0 Å². The molecule has 1 unspecified atom stereocenters. The van der Waals surface area contributed by atoms with E-state index in [4.69, 9.17) is 11.6 Å². The minimum Gasteiger partial charge on any atom is -0.309 e. The number of hydrogen-bond donors (Lipinski definition) is 1. The zero-order chi connectivity index (χ0) is 14.8. The van der Waals surface area contributed by atoms with E-state index in [0.29, 0.717) is 6.04 Å².